The monoisotopic (exact) mass is 329 g/mol. The summed E-state index contributed by atoms with van der Waals surface area (Å²) in [6.07, 6.45) is 7.92. The molecule has 0 unspecified atom stereocenters. The fourth-order valence-corrected chi connectivity index (χ4v) is 4.04. The summed E-state index contributed by atoms with van der Waals surface area (Å²) in [5.74, 6) is 0.873. The number of halogens is 1. The molecule has 0 radical (unpaired) electrons. The second kappa shape index (κ2) is 6.71. The van der Waals surface area contributed by atoms with Crippen LogP contribution in [0.5, 0.6) is 0 Å². The van der Waals surface area contributed by atoms with Crippen molar-refractivity contribution in [3.8, 4) is 0 Å². The minimum atomic E-state index is 0.0639. The Balaban J connectivity index is 1.79. The van der Waals surface area contributed by atoms with Crippen molar-refractivity contribution in [2.24, 2.45) is 5.92 Å². The molecule has 18 heavy (non-hydrogen) atoms. The third-order valence-corrected chi connectivity index (χ3v) is 5.27. The van der Waals surface area contributed by atoms with Crippen molar-refractivity contribution < 1.29 is 4.79 Å². The van der Waals surface area contributed by atoms with Crippen LogP contribution in [-0.2, 0) is 0 Å². The van der Waals surface area contributed by atoms with Crippen LogP contribution in [0.2, 0.25) is 0 Å². The molecule has 1 aromatic heterocycles. The van der Waals surface area contributed by atoms with Gasteiger partial charge in [-0.3, -0.25) is 4.79 Å². The Labute approximate surface area is 121 Å². The highest BCUT2D eigenvalue weighted by molar-refractivity contribution is 9.10. The van der Waals surface area contributed by atoms with Crippen LogP contribution in [0, 0.1) is 5.92 Å². The number of thiophene rings is 1. The topological polar surface area (TPSA) is 29.1 Å². The van der Waals surface area contributed by atoms with Crippen LogP contribution in [0.25, 0.3) is 0 Å². The Morgan fingerprint density at radius 2 is 2.22 bits per heavy atom. The maximum atomic E-state index is 12.0. The first-order valence-corrected chi connectivity index (χ1v) is 8.37. The lowest BCUT2D eigenvalue weighted by atomic mass is 9.85. The minimum Gasteiger partial charge on any atom is -0.349 e. The lowest BCUT2D eigenvalue weighted by Gasteiger charge is -2.25. The molecule has 0 aromatic carbocycles. The second-order valence-electron chi connectivity index (χ2n) is 5.24. The van der Waals surface area contributed by atoms with Crippen LogP contribution in [0.3, 0.4) is 0 Å². The Morgan fingerprint density at radius 3 is 2.83 bits per heavy atom. The number of carbonyl (C=O) groups is 1. The first kappa shape index (κ1) is 14.1. The summed E-state index contributed by atoms with van der Waals surface area (Å²) in [4.78, 5) is 12.8. The van der Waals surface area contributed by atoms with Crippen LogP contribution in [-0.4, -0.2) is 11.9 Å². The normalized spacial score (nSPS) is 18.6. The van der Waals surface area contributed by atoms with Crippen LogP contribution >= 0.6 is 27.3 Å². The Hall–Kier alpha value is -0.350. The lowest BCUT2D eigenvalue weighted by molar-refractivity contribution is 0.0937. The highest BCUT2D eigenvalue weighted by atomic mass is 79.9. The number of nitrogens with one attached hydrogen (secondary N) is 1. The predicted molar refractivity (Wildman–Crippen MR) is 80.1 cm³/mol. The molecule has 4 heteroatoms. The van der Waals surface area contributed by atoms with Crippen LogP contribution < -0.4 is 5.32 Å². The molecule has 1 atom stereocenters. The van der Waals surface area contributed by atoms with Crippen molar-refractivity contribution in [2.75, 3.05) is 0 Å². The molecule has 1 heterocycles. The predicted octanol–water partition coefficient (Wildman–Crippen LogP) is 4.60. The fourth-order valence-electron chi connectivity index (χ4n) is 2.71. The van der Waals surface area contributed by atoms with Crippen LogP contribution in [0.1, 0.15) is 55.1 Å². The van der Waals surface area contributed by atoms with Gasteiger partial charge in [-0.1, -0.05) is 32.1 Å². The van der Waals surface area contributed by atoms with Crippen molar-refractivity contribution in [1.29, 1.82) is 0 Å². The van der Waals surface area contributed by atoms with Gasteiger partial charge in [0.05, 0.1) is 4.88 Å². The second-order valence-corrected chi connectivity index (χ2v) is 7.07. The van der Waals surface area contributed by atoms with E-state index in [0.29, 0.717) is 0 Å². The van der Waals surface area contributed by atoms with E-state index in [2.05, 4.69) is 28.2 Å². The van der Waals surface area contributed by atoms with Gasteiger partial charge in [0.2, 0.25) is 0 Å². The highest BCUT2D eigenvalue weighted by Gasteiger charge is 2.18. The van der Waals surface area contributed by atoms with Gasteiger partial charge in [0.25, 0.3) is 5.91 Å². The third kappa shape index (κ3) is 4.09. The van der Waals surface area contributed by atoms with E-state index in [1.165, 1.54) is 43.4 Å². The van der Waals surface area contributed by atoms with Gasteiger partial charge in [0, 0.05) is 15.9 Å². The quantitative estimate of drug-likeness (QED) is 0.859. The highest BCUT2D eigenvalue weighted by Crippen LogP contribution is 2.27. The van der Waals surface area contributed by atoms with E-state index in [-0.39, 0.29) is 11.9 Å². The Kier molecular flexibility index (Phi) is 5.25. The standard InChI is InChI=1S/C14H20BrNOS/c1-10(7-11-5-3-2-4-6-11)16-14(17)13-8-12(15)9-18-13/h8-11H,2-7H2,1H3,(H,16,17)/t10-/m0/s1. The van der Waals surface area contributed by atoms with E-state index in [1.807, 2.05) is 11.4 Å². The molecule has 1 saturated carbocycles. The molecule has 1 aliphatic carbocycles. The molecule has 1 fully saturated rings. The fraction of sp³-hybridized carbons (Fsp3) is 0.643. The first-order valence-electron chi connectivity index (χ1n) is 6.70. The Morgan fingerprint density at radius 1 is 1.50 bits per heavy atom. The van der Waals surface area contributed by atoms with Crippen LogP contribution in [0.15, 0.2) is 15.9 Å². The number of hydrogen-bond acceptors (Lipinski definition) is 2. The molecule has 1 aromatic rings. The third-order valence-electron chi connectivity index (χ3n) is 3.58. The average molecular weight is 330 g/mol. The van der Waals surface area contributed by atoms with Gasteiger partial charge in [0.15, 0.2) is 0 Å². The molecule has 1 aliphatic rings. The van der Waals surface area contributed by atoms with Gasteiger partial charge in [0.1, 0.15) is 0 Å². The summed E-state index contributed by atoms with van der Waals surface area (Å²) in [7, 11) is 0. The number of rotatable bonds is 4. The number of amides is 1. The van der Waals surface area contributed by atoms with E-state index in [1.54, 1.807) is 0 Å². The van der Waals surface area contributed by atoms with E-state index in [0.717, 1.165) is 21.7 Å². The molecule has 0 spiro atoms. The zero-order chi connectivity index (χ0) is 13.0. The summed E-state index contributed by atoms with van der Waals surface area (Å²) in [6, 6.07) is 2.16. The molecule has 100 valence electrons. The van der Waals surface area contributed by atoms with E-state index in [4.69, 9.17) is 0 Å². The largest absolute Gasteiger partial charge is 0.349 e. The summed E-state index contributed by atoms with van der Waals surface area (Å²) >= 11 is 4.86. The maximum absolute atomic E-state index is 12.0. The summed E-state index contributed by atoms with van der Waals surface area (Å²) in [5.41, 5.74) is 0. The lowest BCUT2D eigenvalue weighted by Crippen LogP contribution is -2.33. The Bertz CT molecular complexity index is 398. The molecule has 2 rings (SSSR count). The molecule has 2 nitrogen and oxygen atoms in total. The van der Waals surface area contributed by atoms with Gasteiger partial charge in [-0.25, -0.2) is 0 Å². The van der Waals surface area contributed by atoms with Crippen molar-refractivity contribution in [3.05, 3.63) is 20.8 Å². The van der Waals surface area contributed by atoms with Gasteiger partial charge in [-0.05, 0) is 41.3 Å². The minimum absolute atomic E-state index is 0.0639. The SMILES string of the molecule is C[C@@H](CC1CCCCC1)NC(=O)c1cc(Br)cs1. The van der Waals surface area contributed by atoms with Gasteiger partial charge >= 0.3 is 0 Å². The molecule has 0 saturated heterocycles. The summed E-state index contributed by atoms with van der Waals surface area (Å²) in [6.45, 7) is 2.12. The summed E-state index contributed by atoms with van der Waals surface area (Å²) < 4.78 is 0.984. The summed E-state index contributed by atoms with van der Waals surface area (Å²) in [5, 5.41) is 5.05. The van der Waals surface area contributed by atoms with Gasteiger partial charge in [-0.2, -0.15) is 0 Å². The first-order chi connectivity index (χ1) is 8.65. The van der Waals surface area contributed by atoms with Crippen molar-refractivity contribution in [3.63, 3.8) is 0 Å². The maximum Gasteiger partial charge on any atom is 0.261 e. The zero-order valence-electron chi connectivity index (χ0n) is 10.7. The molecule has 0 aliphatic heterocycles. The van der Waals surface area contributed by atoms with Gasteiger partial charge in [-0.15, -0.1) is 11.3 Å². The van der Waals surface area contributed by atoms with E-state index >= 15 is 0 Å². The van der Waals surface area contributed by atoms with E-state index < -0.39 is 0 Å². The van der Waals surface area contributed by atoms with Crippen molar-refractivity contribution in [2.45, 2.75) is 51.5 Å². The van der Waals surface area contributed by atoms with E-state index in [9.17, 15) is 4.79 Å². The molecule has 0 bridgehead atoms. The zero-order valence-corrected chi connectivity index (χ0v) is 13.1. The molecule has 1 amide bonds. The number of hydrogen-bond donors (Lipinski definition) is 1. The van der Waals surface area contributed by atoms with Crippen molar-refractivity contribution >= 4 is 33.2 Å². The molecular weight excluding hydrogens is 310 g/mol. The van der Waals surface area contributed by atoms with Crippen LogP contribution in [0.4, 0.5) is 0 Å². The van der Waals surface area contributed by atoms with Gasteiger partial charge < -0.3 is 5.32 Å². The number of carbonyl (C=O) groups excluding carboxylic acids is 1. The van der Waals surface area contributed by atoms with Crippen molar-refractivity contribution in [1.82, 2.24) is 5.32 Å². The molecular formula is C14H20BrNOS. The molecule has 1 N–H and O–H groups in total. The smallest absolute Gasteiger partial charge is 0.261 e. The average Bonchev–Trinajstić information content (AvgIpc) is 2.77.